The number of carbonyl (C=O) groups excluding carboxylic acids is 3. The maximum absolute atomic E-state index is 13.4. The molecule has 0 saturated heterocycles. The topological polar surface area (TPSA) is 443 Å². The Kier molecular flexibility index (Phi) is 26.7. The Morgan fingerprint density at radius 2 is 0.653 bits per heavy atom. The van der Waals surface area contributed by atoms with Crippen LogP contribution in [0.4, 0.5) is 27.5 Å². The van der Waals surface area contributed by atoms with E-state index in [1.165, 1.54) is 24.3 Å². The van der Waals surface area contributed by atoms with Gasteiger partial charge in [0.1, 0.15) is 60.7 Å². The van der Waals surface area contributed by atoms with Crippen LogP contribution in [0.15, 0.2) is 126 Å². The molecule has 0 aliphatic heterocycles. The van der Waals surface area contributed by atoms with Gasteiger partial charge < -0.3 is 48.6 Å². The summed E-state index contributed by atoms with van der Waals surface area (Å²) in [5.74, 6) is -2.25. The summed E-state index contributed by atoms with van der Waals surface area (Å²) >= 11 is 0. The van der Waals surface area contributed by atoms with Gasteiger partial charge in [-0.2, -0.15) is 0 Å². The van der Waals surface area contributed by atoms with Crippen molar-refractivity contribution < 1.29 is 270 Å². The Morgan fingerprint density at radius 1 is 0.347 bits per heavy atom. The zero-order valence-corrected chi connectivity index (χ0v) is 54.7. The second-order valence-corrected chi connectivity index (χ2v) is 21.4. The van der Waals surface area contributed by atoms with Gasteiger partial charge in [0, 0.05) is 44.0 Å². The summed E-state index contributed by atoms with van der Waals surface area (Å²) < 4.78 is 216. The van der Waals surface area contributed by atoms with Crippen LogP contribution in [-0.2, 0) is 60.7 Å². The average Bonchev–Trinajstić information content (AvgIpc) is 3.17. The number of nitrogens with one attached hydrogen (secondary N) is 4. The van der Waals surface area contributed by atoms with Crippen LogP contribution in [0.1, 0.15) is 20.7 Å². The standard InChI is InChI=1S/C35H26N4O21S6.6Na/c40-33(38-25-7-9-27(63(49,50)51)23-13-21(61(43,44)45)15-29(31(23)25)65(55,56)57)17-3-1-5-19(11-17)36-35(42)37-20-6-2-4-18(12-20)34(41)39-26-8-10-28(64(52,53)54)24-14-22(62(46,47)48)16-30(32(24)26)66(58,59)60;;;;;;/h1-16H,(H,38,40)(H,39,41)(H2,36,37,42)(H,43,44,45)(H,46,47,48)(H,49,50,51)(H,52,53,54)(H,55,56,57)(H,58,59,60);;;;;;/q;6*+1/p-6. The Morgan fingerprint density at radius 3 is 0.931 bits per heavy atom. The minimum Gasteiger partial charge on any atom is -0.744 e. The maximum Gasteiger partial charge on any atom is 1.00 e. The third-order valence-electron chi connectivity index (χ3n) is 8.94. The summed E-state index contributed by atoms with van der Waals surface area (Å²) in [6.07, 6.45) is 0. The molecule has 0 unspecified atom stereocenters. The molecule has 348 valence electrons. The molecule has 4 N–H and O–H groups in total. The third kappa shape index (κ3) is 17.3. The van der Waals surface area contributed by atoms with E-state index >= 15 is 0 Å². The van der Waals surface area contributed by atoms with Crippen molar-refractivity contribution in [2.24, 2.45) is 0 Å². The van der Waals surface area contributed by atoms with Gasteiger partial charge in [-0.05, 0) is 84.9 Å². The van der Waals surface area contributed by atoms with Gasteiger partial charge in [-0.1, -0.05) is 12.1 Å². The molecule has 0 aliphatic rings. The first-order valence-electron chi connectivity index (χ1n) is 17.1. The Labute approximate surface area is 542 Å². The van der Waals surface area contributed by atoms with Crippen molar-refractivity contribution in [2.45, 2.75) is 29.4 Å². The van der Waals surface area contributed by atoms with Gasteiger partial charge in [0.05, 0.1) is 40.7 Å². The van der Waals surface area contributed by atoms with Crippen molar-refractivity contribution in [3.05, 3.63) is 108 Å². The van der Waals surface area contributed by atoms with Gasteiger partial charge in [-0.15, -0.1) is 0 Å². The van der Waals surface area contributed by atoms with E-state index < -0.39 is 141 Å². The van der Waals surface area contributed by atoms with E-state index in [0.29, 0.717) is 36.4 Å². The van der Waals surface area contributed by atoms with Crippen LogP contribution in [0.3, 0.4) is 0 Å². The van der Waals surface area contributed by atoms with Crippen molar-refractivity contribution in [1.29, 1.82) is 0 Å². The number of amides is 4. The van der Waals surface area contributed by atoms with Crippen molar-refractivity contribution in [1.82, 2.24) is 0 Å². The van der Waals surface area contributed by atoms with Crippen LogP contribution >= 0.6 is 0 Å². The summed E-state index contributed by atoms with van der Waals surface area (Å²) in [7, 11) is -33.7. The number of anilines is 4. The number of fused-ring (bicyclic) bond motifs is 2. The molecule has 0 radical (unpaired) electrons. The first kappa shape index (κ1) is 71.5. The summed E-state index contributed by atoms with van der Waals surface area (Å²) in [5, 5.41) is 5.16. The summed E-state index contributed by atoms with van der Waals surface area (Å²) in [6.45, 7) is 0. The van der Waals surface area contributed by atoms with Gasteiger partial charge >= 0.3 is 183 Å². The molecule has 0 atom stereocenters. The van der Waals surface area contributed by atoms with E-state index in [-0.39, 0.29) is 212 Å². The molecule has 0 spiro atoms. The molecule has 25 nitrogen and oxygen atoms in total. The van der Waals surface area contributed by atoms with Gasteiger partial charge in [0.25, 0.3) is 11.8 Å². The number of rotatable bonds is 12. The van der Waals surface area contributed by atoms with Crippen LogP contribution in [0.2, 0.25) is 0 Å². The number of benzene rings is 6. The second kappa shape index (κ2) is 26.9. The van der Waals surface area contributed by atoms with Crippen molar-refractivity contribution >= 4 is 123 Å². The normalized spacial score (nSPS) is 11.6. The third-order valence-corrected chi connectivity index (χ3v) is 14.1. The van der Waals surface area contributed by atoms with Crippen molar-refractivity contribution in [3.8, 4) is 0 Å². The Balaban J connectivity index is 0.00000840. The molecule has 0 heterocycles. The average molecular weight is 1160 g/mol. The fourth-order valence-corrected chi connectivity index (χ4v) is 10.3. The van der Waals surface area contributed by atoms with Crippen LogP contribution in [-0.4, -0.2) is 95.7 Å². The molecule has 4 amide bonds. The molecule has 0 aromatic heterocycles. The second-order valence-electron chi connectivity index (χ2n) is 13.3. The van der Waals surface area contributed by atoms with E-state index in [2.05, 4.69) is 21.3 Å². The molecule has 0 bridgehead atoms. The first-order valence-corrected chi connectivity index (χ1v) is 25.6. The molecule has 0 saturated carbocycles. The largest absolute Gasteiger partial charge is 1.00 e. The first-order chi connectivity index (χ1) is 30.2. The molecule has 6 aromatic rings. The number of urea groups is 1. The fourth-order valence-electron chi connectivity index (χ4n) is 6.28. The summed E-state index contributed by atoms with van der Waals surface area (Å²) in [5.41, 5.74) is -2.14. The van der Waals surface area contributed by atoms with Crippen molar-refractivity contribution in [2.75, 3.05) is 21.3 Å². The molecular weight excluding hydrogens is 1140 g/mol. The SMILES string of the molecule is O=C(Nc1cccc(C(=O)Nc2ccc(S(=O)(=O)[O-])c3cc(S(=O)(=O)[O-])cc(S(=O)(=O)[O-])c23)c1)Nc1cccc(C(=O)Nc2ccc(S(=O)(=O)[O-])c3cc(S(=O)(=O)[O-])cc(S(=O)(=O)[O-])c23)c1.[Na+].[Na+].[Na+].[Na+].[Na+].[Na+]. The Bertz CT molecular complexity index is 3610. The van der Waals surface area contributed by atoms with Crippen LogP contribution in [0.25, 0.3) is 21.5 Å². The van der Waals surface area contributed by atoms with E-state index in [4.69, 9.17) is 0 Å². The predicted octanol–water partition coefficient (Wildman–Crippen LogP) is -16.4. The van der Waals surface area contributed by atoms with E-state index in [1.54, 1.807) is 0 Å². The summed E-state index contributed by atoms with van der Waals surface area (Å²) in [4.78, 5) is 31.6. The fraction of sp³-hybridized carbons (Fsp3) is 0. The minimum atomic E-state index is -5.75. The quantitative estimate of drug-likeness (QED) is 0.0653. The maximum atomic E-state index is 13.4. The van der Waals surface area contributed by atoms with E-state index in [1.807, 2.05) is 0 Å². The van der Waals surface area contributed by atoms with Crippen molar-refractivity contribution in [3.63, 3.8) is 0 Å². The molecule has 37 heteroatoms. The number of hydrogen-bond donors (Lipinski definition) is 4. The predicted molar refractivity (Wildman–Crippen MR) is 217 cm³/mol. The van der Waals surface area contributed by atoms with Gasteiger partial charge in [0.15, 0.2) is 0 Å². The minimum absolute atomic E-state index is 0. The van der Waals surface area contributed by atoms with E-state index in [0.717, 1.165) is 24.3 Å². The molecule has 6 rings (SSSR count). The number of carbonyl (C=O) groups is 3. The van der Waals surface area contributed by atoms with Gasteiger partial charge in [0.2, 0.25) is 0 Å². The Hall–Kier alpha value is -0.490. The monoisotopic (exact) mass is 1160 g/mol. The zero-order valence-electron chi connectivity index (χ0n) is 37.8. The van der Waals surface area contributed by atoms with E-state index in [9.17, 15) is 92.2 Å². The summed E-state index contributed by atoms with van der Waals surface area (Å²) in [6, 6.07) is 11.8. The molecule has 0 fully saturated rings. The zero-order chi connectivity index (χ0) is 49.1. The molecular formula is C35H20N4Na6O21S6. The molecule has 72 heavy (non-hydrogen) atoms. The molecule has 6 aromatic carbocycles. The number of hydrogen-bond acceptors (Lipinski definition) is 21. The van der Waals surface area contributed by atoms with Crippen LogP contribution in [0, 0.1) is 0 Å². The van der Waals surface area contributed by atoms with Crippen LogP contribution < -0.4 is 199 Å². The van der Waals surface area contributed by atoms with Crippen LogP contribution in [0.5, 0.6) is 0 Å². The smallest absolute Gasteiger partial charge is 0.744 e. The van der Waals surface area contributed by atoms with Gasteiger partial charge in [-0.25, -0.2) is 55.3 Å². The van der Waals surface area contributed by atoms with Gasteiger partial charge in [-0.3, -0.25) is 9.59 Å². The molecule has 0 aliphatic carbocycles.